The highest BCUT2D eigenvalue weighted by Gasteiger charge is 2.46. The number of cyclic esters (lactones) is 1. The van der Waals surface area contributed by atoms with Crippen molar-refractivity contribution in [2.24, 2.45) is 0 Å². The molecule has 0 spiro atoms. The average molecular weight is 344 g/mol. The van der Waals surface area contributed by atoms with E-state index in [1.807, 2.05) is 0 Å². The summed E-state index contributed by atoms with van der Waals surface area (Å²) in [5, 5.41) is 2.88. The van der Waals surface area contributed by atoms with E-state index in [1.54, 1.807) is 24.3 Å². The molecule has 2 amide bonds. The summed E-state index contributed by atoms with van der Waals surface area (Å²) < 4.78 is 10.9. The van der Waals surface area contributed by atoms with Gasteiger partial charge in [0.2, 0.25) is 18.0 Å². The fraction of sp³-hybridized carbons (Fsp3) is 0.500. The Morgan fingerprint density at radius 1 is 1.24 bits per heavy atom. The van der Waals surface area contributed by atoms with Crippen LogP contribution in [0.1, 0.15) is 47.8 Å². The van der Waals surface area contributed by atoms with E-state index in [-0.39, 0.29) is 24.3 Å². The maximum Gasteiger partial charge on any atom is 0.340 e. The molecule has 0 radical (unpaired) electrons. The predicted molar refractivity (Wildman–Crippen MR) is 86.5 cm³/mol. The quantitative estimate of drug-likeness (QED) is 0.828. The van der Waals surface area contributed by atoms with E-state index in [1.165, 1.54) is 4.90 Å². The van der Waals surface area contributed by atoms with E-state index in [0.29, 0.717) is 24.1 Å². The molecule has 2 fully saturated rings. The van der Waals surface area contributed by atoms with Crippen LogP contribution in [0.15, 0.2) is 24.3 Å². The number of rotatable bonds is 4. The summed E-state index contributed by atoms with van der Waals surface area (Å²) in [6, 6.07) is 6.35. The second-order valence-electron chi connectivity index (χ2n) is 6.58. The highest BCUT2D eigenvalue weighted by Crippen LogP contribution is 2.38. The third-order valence-electron chi connectivity index (χ3n) is 5.00. The molecule has 132 valence electrons. The molecule has 1 aromatic rings. The first-order valence-corrected chi connectivity index (χ1v) is 8.65. The number of nitrogens with zero attached hydrogens (tertiary/aromatic N) is 1. The summed E-state index contributed by atoms with van der Waals surface area (Å²) in [4.78, 5) is 38.4. The lowest BCUT2D eigenvalue weighted by Crippen LogP contribution is -2.47. The van der Waals surface area contributed by atoms with Gasteiger partial charge in [-0.25, -0.2) is 4.79 Å². The van der Waals surface area contributed by atoms with Gasteiger partial charge in [-0.3, -0.25) is 14.5 Å². The number of carbonyl (C=O) groups excluding carboxylic acids is 3. The molecule has 3 heterocycles. The van der Waals surface area contributed by atoms with E-state index in [2.05, 4.69) is 5.32 Å². The summed E-state index contributed by atoms with van der Waals surface area (Å²) in [6.45, 7) is 1.17. The standard InChI is InChI=1S/C18H20N2O5/c21-15-8-7-14(16(22)19-10-11-4-3-9-24-11)20(15)17-12-5-1-2-6-13(12)18(23)25-17/h1-2,5-6,11,14,17H,3-4,7-10H2,(H,19,22)/t11-,14+,17+/m1/s1. The molecular formula is C18H20N2O5. The summed E-state index contributed by atoms with van der Waals surface area (Å²) in [5.41, 5.74) is 1.09. The van der Waals surface area contributed by atoms with Crippen LogP contribution in [0, 0.1) is 0 Å². The van der Waals surface area contributed by atoms with Crippen molar-refractivity contribution in [3.63, 3.8) is 0 Å². The number of hydrogen-bond donors (Lipinski definition) is 1. The molecule has 7 nitrogen and oxygen atoms in total. The summed E-state index contributed by atoms with van der Waals surface area (Å²) in [6.07, 6.45) is 1.85. The minimum Gasteiger partial charge on any atom is -0.433 e. The zero-order valence-electron chi connectivity index (χ0n) is 13.8. The van der Waals surface area contributed by atoms with Crippen LogP contribution >= 0.6 is 0 Å². The third kappa shape index (κ3) is 2.89. The molecule has 1 N–H and O–H groups in total. The van der Waals surface area contributed by atoms with E-state index in [4.69, 9.17) is 9.47 Å². The van der Waals surface area contributed by atoms with Crippen LogP contribution in [0.2, 0.25) is 0 Å². The van der Waals surface area contributed by atoms with Gasteiger partial charge in [0, 0.05) is 25.1 Å². The number of nitrogens with one attached hydrogen (secondary N) is 1. The third-order valence-corrected chi connectivity index (χ3v) is 5.00. The van der Waals surface area contributed by atoms with Crippen molar-refractivity contribution in [2.45, 2.75) is 44.1 Å². The van der Waals surface area contributed by atoms with Crippen molar-refractivity contribution in [3.05, 3.63) is 35.4 Å². The van der Waals surface area contributed by atoms with Crippen molar-refractivity contribution in [3.8, 4) is 0 Å². The van der Waals surface area contributed by atoms with Crippen LogP contribution in [-0.2, 0) is 19.1 Å². The van der Waals surface area contributed by atoms with Crippen molar-refractivity contribution in [1.29, 1.82) is 0 Å². The first-order valence-electron chi connectivity index (χ1n) is 8.65. The van der Waals surface area contributed by atoms with Gasteiger partial charge in [-0.15, -0.1) is 0 Å². The molecule has 2 saturated heterocycles. The number of likely N-dealkylation sites (tertiary alicyclic amines) is 1. The molecule has 0 unspecified atom stereocenters. The van der Waals surface area contributed by atoms with Gasteiger partial charge >= 0.3 is 5.97 Å². The number of benzene rings is 1. The Morgan fingerprint density at radius 2 is 2.08 bits per heavy atom. The second-order valence-corrected chi connectivity index (χ2v) is 6.58. The molecule has 0 aliphatic carbocycles. The van der Waals surface area contributed by atoms with E-state index in [0.717, 1.165) is 19.4 Å². The molecule has 0 saturated carbocycles. The van der Waals surface area contributed by atoms with Crippen LogP contribution in [0.25, 0.3) is 0 Å². The maximum absolute atomic E-state index is 12.6. The lowest BCUT2D eigenvalue weighted by atomic mass is 10.1. The van der Waals surface area contributed by atoms with Crippen LogP contribution in [-0.4, -0.2) is 48.0 Å². The topological polar surface area (TPSA) is 84.9 Å². The summed E-state index contributed by atoms with van der Waals surface area (Å²) in [5.74, 6) is -0.854. The van der Waals surface area contributed by atoms with Gasteiger partial charge in [0.05, 0.1) is 11.7 Å². The number of fused-ring (bicyclic) bond motifs is 1. The van der Waals surface area contributed by atoms with Crippen molar-refractivity contribution in [1.82, 2.24) is 10.2 Å². The van der Waals surface area contributed by atoms with Crippen molar-refractivity contribution in [2.75, 3.05) is 13.2 Å². The van der Waals surface area contributed by atoms with Crippen molar-refractivity contribution < 1.29 is 23.9 Å². The molecule has 3 aliphatic rings. The molecule has 3 aliphatic heterocycles. The van der Waals surface area contributed by atoms with Crippen LogP contribution < -0.4 is 5.32 Å². The minimum atomic E-state index is -0.822. The number of carbonyl (C=O) groups is 3. The van der Waals surface area contributed by atoms with Gasteiger partial charge in [-0.05, 0) is 25.3 Å². The molecule has 25 heavy (non-hydrogen) atoms. The molecular weight excluding hydrogens is 324 g/mol. The Morgan fingerprint density at radius 3 is 2.88 bits per heavy atom. The smallest absolute Gasteiger partial charge is 0.340 e. The minimum absolute atomic E-state index is 0.0412. The van der Waals surface area contributed by atoms with Crippen molar-refractivity contribution >= 4 is 17.8 Å². The van der Waals surface area contributed by atoms with Gasteiger partial charge in [-0.1, -0.05) is 18.2 Å². The fourth-order valence-corrected chi connectivity index (χ4v) is 3.72. The lowest BCUT2D eigenvalue weighted by Gasteiger charge is -2.29. The van der Waals surface area contributed by atoms with Gasteiger partial charge in [0.25, 0.3) is 0 Å². The monoisotopic (exact) mass is 344 g/mol. The molecule has 1 aromatic carbocycles. The Kier molecular flexibility index (Phi) is 4.17. The van der Waals surface area contributed by atoms with E-state index < -0.39 is 18.2 Å². The van der Waals surface area contributed by atoms with Crippen LogP contribution in [0.3, 0.4) is 0 Å². The molecule has 3 atom stereocenters. The number of hydrogen-bond acceptors (Lipinski definition) is 5. The molecule has 4 rings (SSSR count). The summed E-state index contributed by atoms with van der Waals surface area (Å²) in [7, 11) is 0. The Hall–Kier alpha value is -2.41. The Balaban J connectivity index is 1.50. The Labute approximate surface area is 145 Å². The lowest BCUT2D eigenvalue weighted by molar-refractivity contribution is -0.145. The average Bonchev–Trinajstić information content (AvgIpc) is 3.33. The number of ether oxygens (including phenoxy) is 2. The predicted octanol–water partition coefficient (Wildman–Crippen LogP) is 1.14. The van der Waals surface area contributed by atoms with Gasteiger partial charge < -0.3 is 14.8 Å². The van der Waals surface area contributed by atoms with Gasteiger partial charge in [0.1, 0.15) is 6.04 Å². The first-order chi connectivity index (χ1) is 12.1. The highest BCUT2D eigenvalue weighted by molar-refractivity contribution is 5.96. The molecule has 7 heteroatoms. The SMILES string of the molecule is O=C1O[C@H](N2C(=O)CC[C@H]2C(=O)NC[C@H]2CCCO2)c2ccccc21. The Bertz CT molecular complexity index is 713. The van der Waals surface area contributed by atoms with E-state index >= 15 is 0 Å². The second kappa shape index (κ2) is 6.48. The first kappa shape index (κ1) is 16.1. The fourth-order valence-electron chi connectivity index (χ4n) is 3.72. The number of esters is 1. The summed E-state index contributed by atoms with van der Waals surface area (Å²) >= 11 is 0. The zero-order valence-corrected chi connectivity index (χ0v) is 13.8. The zero-order chi connectivity index (χ0) is 17.4. The molecule has 0 aromatic heterocycles. The van der Waals surface area contributed by atoms with Gasteiger partial charge in [0.15, 0.2) is 0 Å². The maximum atomic E-state index is 12.6. The number of amides is 2. The normalized spacial score (nSPS) is 28.2. The van der Waals surface area contributed by atoms with E-state index in [9.17, 15) is 14.4 Å². The highest BCUT2D eigenvalue weighted by atomic mass is 16.6. The van der Waals surface area contributed by atoms with Gasteiger partial charge in [-0.2, -0.15) is 0 Å². The largest absolute Gasteiger partial charge is 0.433 e. The van der Waals surface area contributed by atoms with Crippen LogP contribution in [0.4, 0.5) is 0 Å². The van der Waals surface area contributed by atoms with Crippen LogP contribution in [0.5, 0.6) is 0 Å². The molecule has 0 bridgehead atoms.